The van der Waals surface area contributed by atoms with Crippen LogP contribution in [0.5, 0.6) is 0 Å². The van der Waals surface area contributed by atoms with Crippen molar-refractivity contribution in [3.8, 4) is 0 Å². The highest BCUT2D eigenvalue weighted by Crippen LogP contribution is 2.18. The van der Waals surface area contributed by atoms with Gasteiger partial charge in [0.2, 0.25) is 0 Å². The highest BCUT2D eigenvalue weighted by molar-refractivity contribution is 7.98. The highest BCUT2D eigenvalue weighted by atomic mass is 35.5. The van der Waals surface area contributed by atoms with Gasteiger partial charge in [0, 0.05) is 11.3 Å². The van der Waals surface area contributed by atoms with E-state index in [-0.39, 0.29) is 0 Å². The molecule has 0 atom stereocenters. The number of aryl methyl sites for hydroxylation is 1. The Kier molecular flexibility index (Phi) is 4.69. The van der Waals surface area contributed by atoms with Crippen LogP contribution >= 0.6 is 23.4 Å². The summed E-state index contributed by atoms with van der Waals surface area (Å²) in [6.07, 6.45) is 0.895. The second-order valence-corrected chi connectivity index (χ2v) is 4.62. The fraction of sp³-hybridized carbons (Fsp3) is 0.600. The maximum Gasteiger partial charge on any atom is 0.140 e. The first kappa shape index (κ1) is 11.8. The summed E-state index contributed by atoms with van der Waals surface area (Å²) in [5.74, 6) is 2.77. The Bertz CT molecular complexity index is 292. The van der Waals surface area contributed by atoms with E-state index in [1.807, 2.05) is 18.7 Å². The summed E-state index contributed by atoms with van der Waals surface area (Å²) in [4.78, 5) is 8.70. The zero-order valence-corrected chi connectivity index (χ0v) is 10.4. The molecule has 0 amide bonds. The third-order valence-electron chi connectivity index (χ3n) is 2.00. The van der Waals surface area contributed by atoms with Gasteiger partial charge < -0.3 is 0 Å². The van der Waals surface area contributed by atoms with Crippen LogP contribution in [0.3, 0.4) is 0 Å². The molecule has 14 heavy (non-hydrogen) atoms. The molecule has 1 aromatic heterocycles. The van der Waals surface area contributed by atoms with Gasteiger partial charge in [-0.25, -0.2) is 9.97 Å². The van der Waals surface area contributed by atoms with Gasteiger partial charge in [-0.3, -0.25) is 0 Å². The van der Waals surface area contributed by atoms with E-state index in [9.17, 15) is 0 Å². The van der Waals surface area contributed by atoms with E-state index in [2.05, 4.69) is 23.8 Å². The lowest BCUT2D eigenvalue weighted by Crippen LogP contribution is -2.01. The van der Waals surface area contributed by atoms with Crippen molar-refractivity contribution in [1.29, 1.82) is 0 Å². The van der Waals surface area contributed by atoms with E-state index in [4.69, 9.17) is 11.6 Å². The minimum atomic E-state index is 0.617. The van der Waals surface area contributed by atoms with Gasteiger partial charge in [0.05, 0.1) is 5.75 Å². The zero-order chi connectivity index (χ0) is 10.6. The van der Waals surface area contributed by atoms with Crippen LogP contribution in [-0.2, 0) is 12.2 Å². The highest BCUT2D eigenvalue weighted by Gasteiger charge is 2.07. The Morgan fingerprint density at radius 1 is 1.29 bits per heavy atom. The lowest BCUT2D eigenvalue weighted by Gasteiger charge is -2.06. The van der Waals surface area contributed by atoms with Crippen LogP contribution in [0.25, 0.3) is 0 Å². The molecular formula is C10H15ClN2S. The molecule has 0 aliphatic heterocycles. The quantitative estimate of drug-likeness (QED) is 0.743. The Labute approximate surface area is 94.5 Å². The molecule has 0 saturated carbocycles. The minimum Gasteiger partial charge on any atom is -0.237 e. The van der Waals surface area contributed by atoms with Gasteiger partial charge in [0.1, 0.15) is 11.0 Å². The average Bonchev–Trinajstić information content (AvgIpc) is 2.14. The van der Waals surface area contributed by atoms with E-state index >= 15 is 0 Å². The number of rotatable bonds is 4. The first-order valence-corrected chi connectivity index (χ1v) is 6.31. The van der Waals surface area contributed by atoms with Gasteiger partial charge in [-0.05, 0) is 19.1 Å². The summed E-state index contributed by atoms with van der Waals surface area (Å²) in [5.41, 5.74) is 2.08. The monoisotopic (exact) mass is 230 g/mol. The minimum absolute atomic E-state index is 0.617. The van der Waals surface area contributed by atoms with E-state index in [1.165, 1.54) is 0 Å². The molecule has 0 saturated heterocycles. The van der Waals surface area contributed by atoms with Gasteiger partial charge in [-0.1, -0.05) is 25.4 Å². The van der Waals surface area contributed by atoms with Crippen molar-refractivity contribution in [2.75, 3.05) is 5.75 Å². The molecule has 0 radical (unpaired) electrons. The molecular weight excluding hydrogens is 216 g/mol. The maximum atomic E-state index is 6.05. The van der Waals surface area contributed by atoms with Crippen molar-refractivity contribution < 1.29 is 0 Å². The van der Waals surface area contributed by atoms with Crippen molar-refractivity contribution in [2.45, 2.75) is 32.9 Å². The van der Waals surface area contributed by atoms with E-state index in [1.54, 1.807) is 0 Å². The molecule has 78 valence electrons. The van der Waals surface area contributed by atoms with Crippen LogP contribution in [-0.4, -0.2) is 15.7 Å². The van der Waals surface area contributed by atoms with E-state index < -0.39 is 0 Å². The van der Waals surface area contributed by atoms with Gasteiger partial charge in [0.25, 0.3) is 0 Å². The number of nitrogens with zero attached hydrogens (tertiary/aromatic N) is 2. The third kappa shape index (κ3) is 2.85. The summed E-state index contributed by atoms with van der Waals surface area (Å²) in [5, 5.41) is 0.617. The summed E-state index contributed by atoms with van der Waals surface area (Å²) in [6.45, 7) is 6.18. The number of thioether (sulfide) groups is 1. The predicted octanol–water partition coefficient (Wildman–Crippen LogP) is 3.25. The Morgan fingerprint density at radius 2 is 2.00 bits per heavy atom. The lowest BCUT2D eigenvalue weighted by atomic mass is 10.2. The van der Waals surface area contributed by atoms with Crippen LogP contribution < -0.4 is 0 Å². The number of hydrogen-bond acceptors (Lipinski definition) is 3. The van der Waals surface area contributed by atoms with Gasteiger partial charge in [-0.15, -0.1) is 0 Å². The fourth-order valence-electron chi connectivity index (χ4n) is 1.28. The Hall–Kier alpha value is -0.280. The van der Waals surface area contributed by atoms with Crippen molar-refractivity contribution in [2.24, 2.45) is 0 Å². The molecule has 0 aliphatic carbocycles. The topological polar surface area (TPSA) is 25.8 Å². The van der Waals surface area contributed by atoms with Crippen LogP contribution in [0.2, 0.25) is 5.15 Å². The van der Waals surface area contributed by atoms with Crippen LogP contribution in [0.1, 0.15) is 30.9 Å². The third-order valence-corrected chi connectivity index (χ3v) is 3.18. The van der Waals surface area contributed by atoms with Crippen LogP contribution in [0.15, 0.2) is 0 Å². The summed E-state index contributed by atoms with van der Waals surface area (Å²) in [7, 11) is 0. The molecule has 0 fully saturated rings. The number of hydrogen-bond donors (Lipinski definition) is 0. The van der Waals surface area contributed by atoms with Crippen molar-refractivity contribution in [3.63, 3.8) is 0 Å². The van der Waals surface area contributed by atoms with Gasteiger partial charge in [-0.2, -0.15) is 11.8 Å². The molecule has 0 unspecified atom stereocenters. The molecule has 1 rings (SSSR count). The summed E-state index contributed by atoms with van der Waals surface area (Å²) in [6, 6.07) is 0. The SMILES string of the molecule is CCSCc1nc(C)c(CC)c(Cl)n1. The first-order valence-electron chi connectivity index (χ1n) is 4.78. The second-order valence-electron chi connectivity index (χ2n) is 2.99. The molecule has 1 heterocycles. The van der Waals surface area contributed by atoms with Gasteiger partial charge in [0.15, 0.2) is 0 Å². The smallest absolute Gasteiger partial charge is 0.140 e. The molecule has 4 heteroatoms. The molecule has 0 spiro atoms. The molecule has 0 bridgehead atoms. The van der Waals surface area contributed by atoms with E-state index in [0.29, 0.717) is 5.15 Å². The summed E-state index contributed by atoms with van der Waals surface area (Å²) >= 11 is 7.86. The maximum absolute atomic E-state index is 6.05. The van der Waals surface area contributed by atoms with Crippen LogP contribution in [0, 0.1) is 6.92 Å². The number of aromatic nitrogens is 2. The van der Waals surface area contributed by atoms with Gasteiger partial charge >= 0.3 is 0 Å². The van der Waals surface area contributed by atoms with E-state index in [0.717, 1.165) is 35.0 Å². The lowest BCUT2D eigenvalue weighted by molar-refractivity contribution is 0.938. The Balaban J connectivity index is 2.90. The molecule has 0 aliphatic rings. The standard InChI is InChI=1S/C10H15ClN2S/c1-4-8-7(3)12-9(6-14-5-2)13-10(8)11/h4-6H2,1-3H3. The fourth-order valence-corrected chi connectivity index (χ4v) is 2.16. The zero-order valence-electron chi connectivity index (χ0n) is 8.80. The molecule has 0 N–H and O–H groups in total. The van der Waals surface area contributed by atoms with Crippen molar-refractivity contribution in [1.82, 2.24) is 9.97 Å². The first-order chi connectivity index (χ1) is 6.69. The van der Waals surface area contributed by atoms with Crippen LogP contribution in [0.4, 0.5) is 0 Å². The van der Waals surface area contributed by atoms with Crippen molar-refractivity contribution >= 4 is 23.4 Å². The normalized spacial score (nSPS) is 10.6. The largest absolute Gasteiger partial charge is 0.237 e. The Morgan fingerprint density at radius 3 is 2.50 bits per heavy atom. The second kappa shape index (κ2) is 5.56. The molecule has 1 aromatic rings. The average molecular weight is 231 g/mol. The number of halogens is 1. The molecule has 2 nitrogen and oxygen atoms in total. The predicted molar refractivity (Wildman–Crippen MR) is 63.0 cm³/mol. The van der Waals surface area contributed by atoms with Crippen molar-refractivity contribution in [3.05, 3.63) is 22.2 Å². The molecule has 0 aromatic carbocycles. The summed E-state index contributed by atoms with van der Waals surface area (Å²) < 4.78 is 0.